The molecule has 0 aliphatic carbocycles. The van der Waals surface area contributed by atoms with Crippen LogP contribution in [0.1, 0.15) is 0 Å². The third-order valence-corrected chi connectivity index (χ3v) is 6.11. The normalized spacial score (nSPS) is 12.3. The van der Waals surface area contributed by atoms with Crippen molar-refractivity contribution in [3.05, 3.63) is 85.2 Å². The van der Waals surface area contributed by atoms with Gasteiger partial charge < -0.3 is 0 Å². The highest BCUT2D eigenvalue weighted by Crippen LogP contribution is 2.42. The van der Waals surface area contributed by atoms with Gasteiger partial charge in [-0.2, -0.15) is 10.2 Å². The molecule has 0 aliphatic rings. The number of hydrogen-bond acceptors (Lipinski definition) is 2. The zero-order chi connectivity index (χ0) is 18.2. The predicted molar refractivity (Wildman–Crippen MR) is 118 cm³/mol. The Morgan fingerprint density at radius 3 is 1.39 bits per heavy atom. The van der Waals surface area contributed by atoms with Crippen LogP contribution in [0.2, 0.25) is 0 Å². The molecule has 28 heavy (non-hydrogen) atoms. The lowest BCUT2D eigenvalue weighted by atomic mass is 9.88. The molecule has 0 atom stereocenters. The number of fused-ring (bicyclic) bond motifs is 5. The number of aromatic nitrogens is 2. The summed E-state index contributed by atoms with van der Waals surface area (Å²) in [5, 5.41) is 23.4. The van der Waals surface area contributed by atoms with Crippen LogP contribution in [-0.2, 0) is 0 Å². The van der Waals surface area contributed by atoms with Crippen molar-refractivity contribution in [2.24, 2.45) is 0 Å². The molecule has 2 nitrogen and oxygen atoms in total. The summed E-state index contributed by atoms with van der Waals surface area (Å²) in [5.41, 5.74) is 0. The quantitative estimate of drug-likeness (QED) is 0.220. The summed E-state index contributed by atoms with van der Waals surface area (Å²) in [4.78, 5) is 0. The summed E-state index contributed by atoms with van der Waals surface area (Å²) >= 11 is 0. The van der Waals surface area contributed by atoms with Gasteiger partial charge in [-0.15, -0.1) is 0 Å². The molecule has 0 saturated carbocycles. The van der Waals surface area contributed by atoms with Gasteiger partial charge in [0.1, 0.15) is 0 Å². The molecule has 2 heteroatoms. The molecule has 0 radical (unpaired) electrons. The lowest BCUT2D eigenvalue weighted by Crippen LogP contribution is -1.88. The third-order valence-electron chi connectivity index (χ3n) is 6.11. The van der Waals surface area contributed by atoms with Crippen LogP contribution in [0.5, 0.6) is 0 Å². The van der Waals surface area contributed by atoms with Gasteiger partial charge in [0, 0.05) is 10.8 Å². The van der Waals surface area contributed by atoms with E-state index in [1.54, 1.807) is 0 Å². The number of rotatable bonds is 0. The van der Waals surface area contributed by atoms with E-state index in [9.17, 15) is 0 Å². The van der Waals surface area contributed by atoms with E-state index in [4.69, 9.17) is 0 Å². The van der Waals surface area contributed by atoms with E-state index in [0.29, 0.717) is 0 Å². The number of nitrogens with zero attached hydrogens (tertiary/aromatic N) is 2. The van der Waals surface area contributed by atoms with Crippen LogP contribution in [0, 0.1) is 0 Å². The Balaban J connectivity index is 1.81. The smallest absolute Gasteiger partial charge is 0.0574 e. The maximum Gasteiger partial charge on any atom is 0.0574 e. The Kier molecular flexibility index (Phi) is 2.52. The summed E-state index contributed by atoms with van der Waals surface area (Å²) in [6.07, 6.45) is 3.68. The first-order valence-corrected chi connectivity index (χ1v) is 9.50. The molecule has 1 heterocycles. The first-order valence-electron chi connectivity index (χ1n) is 9.50. The summed E-state index contributed by atoms with van der Waals surface area (Å²) in [5.74, 6) is 0. The molecule has 0 fully saturated rings. The second kappa shape index (κ2) is 4.93. The Bertz CT molecular complexity index is 1590. The maximum absolute atomic E-state index is 4.04. The van der Waals surface area contributed by atoms with E-state index in [1.807, 2.05) is 12.4 Å². The second-order valence-electron chi connectivity index (χ2n) is 7.59. The van der Waals surface area contributed by atoms with Crippen molar-refractivity contribution in [2.45, 2.75) is 0 Å². The van der Waals surface area contributed by atoms with Crippen molar-refractivity contribution in [1.82, 2.24) is 10.2 Å². The highest BCUT2D eigenvalue weighted by molar-refractivity contribution is 6.34. The van der Waals surface area contributed by atoms with Crippen molar-refractivity contribution in [3.8, 4) is 0 Å². The Morgan fingerprint density at radius 1 is 0.393 bits per heavy atom. The summed E-state index contributed by atoms with van der Waals surface area (Å²) in [7, 11) is 0. The van der Waals surface area contributed by atoms with Crippen molar-refractivity contribution >= 4 is 64.6 Å². The standard InChI is InChI=1S/C26H14N2/c1-3-15-7-8-16-4-2-6-22-24-12-18-10-20-14-28-27-13-19(20)9-17(18)11-23(24)21(5-1)25(15)26(16)22/h1-14H. The minimum absolute atomic E-state index is 1.12. The number of benzene rings is 6. The Hall–Kier alpha value is -3.78. The van der Waals surface area contributed by atoms with Gasteiger partial charge in [-0.1, -0.05) is 48.5 Å². The predicted octanol–water partition coefficient (Wildman–Crippen LogP) is 6.83. The molecule has 0 bridgehead atoms. The minimum Gasteiger partial charge on any atom is -0.158 e. The molecule has 1 aromatic heterocycles. The van der Waals surface area contributed by atoms with E-state index in [0.717, 1.165) is 10.8 Å². The van der Waals surface area contributed by atoms with Crippen LogP contribution in [-0.4, -0.2) is 10.2 Å². The molecule has 0 aliphatic heterocycles. The molecule has 0 amide bonds. The first-order chi connectivity index (χ1) is 13.9. The van der Waals surface area contributed by atoms with E-state index in [2.05, 4.69) is 83.0 Å². The van der Waals surface area contributed by atoms with Crippen LogP contribution in [0.4, 0.5) is 0 Å². The molecule has 0 unspecified atom stereocenters. The van der Waals surface area contributed by atoms with Gasteiger partial charge in [-0.3, -0.25) is 0 Å². The zero-order valence-corrected chi connectivity index (χ0v) is 15.0. The highest BCUT2D eigenvalue weighted by Gasteiger charge is 2.13. The first kappa shape index (κ1) is 14.3. The molecule has 0 saturated heterocycles. The molecular formula is C26H14N2. The van der Waals surface area contributed by atoms with Gasteiger partial charge >= 0.3 is 0 Å². The van der Waals surface area contributed by atoms with Crippen LogP contribution in [0.25, 0.3) is 64.6 Å². The van der Waals surface area contributed by atoms with E-state index < -0.39 is 0 Å². The summed E-state index contributed by atoms with van der Waals surface area (Å²) in [6.45, 7) is 0. The Morgan fingerprint density at radius 2 is 0.893 bits per heavy atom. The average Bonchev–Trinajstić information content (AvgIpc) is 2.75. The maximum atomic E-state index is 4.04. The molecule has 7 aromatic rings. The monoisotopic (exact) mass is 354 g/mol. The zero-order valence-electron chi connectivity index (χ0n) is 15.0. The van der Waals surface area contributed by atoms with Crippen LogP contribution in [0.15, 0.2) is 85.2 Å². The van der Waals surface area contributed by atoms with Gasteiger partial charge in [0.25, 0.3) is 0 Å². The van der Waals surface area contributed by atoms with Crippen molar-refractivity contribution < 1.29 is 0 Å². The van der Waals surface area contributed by atoms with E-state index >= 15 is 0 Å². The lowest BCUT2D eigenvalue weighted by Gasteiger charge is -2.15. The number of hydrogen-bond donors (Lipinski definition) is 0. The highest BCUT2D eigenvalue weighted by atomic mass is 15.1. The Labute approximate surface area is 160 Å². The topological polar surface area (TPSA) is 25.8 Å². The largest absolute Gasteiger partial charge is 0.158 e. The van der Waals surface area contributed by atoms with Gasteiger partial charge in [0.2, 0.25) is 0 Å². The van der Waals surface area contributed by atoms with Crippen molar-refractivity contribution in [1.29, 1.82) is 0 Å². The van der Waals surface area contributed by atoms with Crippen LogP contribution >= 0.6 is 0 Å². The fraction of sp³-hybridized carbons (Fsp3) is 0. The second-order valence-corrected chi connectivity index (χ2v) is 7.59. The molecule has 0 spiro atoms. The minimum atomic E-state index is 1.12. The van der Waals surface area contributed by atoms with Gasteiger partial charge in [-0.25, -0.2) is 0 Å². The molecule has 7 rings (SSSR count). The fourth-order valence-electron chi connectivity index (χ4n) is 4.85. The molecule has 0 N–H and O–H groups in total. The molecule has 128 valence electrons. The van der Waals surface area contributed by atoms with Gasteiger partial charge in [0.05, 0.1) is 12.4 Å². The van der Waals surface area contributed by atoms with E-state index in [-0.39, 0.29) is 0 Å². The van der Waals surface area contributed by atoms with E-state index in [1.165, 1.54) is 53.9 Å². The third kappa shape index (κ3) is 1.72. The average molecular weight is 354 g/mol. The van der Waals surface area contributed by atoms with Crippen LogP contribution in [0.3, 0.4) is 0 Å². The summed E-state index contributed by atoms with van der Waals surface area (Å²) < 4.78 is 0. The summed E-state index contributed by atoms with van der Waals surface area (Å²) in [6, 6.07) is 26.9. The fourth-order valence-corrected chi connectivity index (χ4v) is 4.85. The van der Waals surface area contributed by atoms with Crippen molar-refractivity contribution in [2.75, 3.05) is 0 Å². The molecular weight excluding hydrogens is 340 g/mol. The van der Waals surface area contributed by atoms with Crippen molar-refractivity contribution in [3.63, 3.8) is 0 Å². The SMILES string of the molecule is c1cc2ccc3cccc4c5cc6cc7cnncc7cc6cc5c(c1)c2c34. The van der Waals surface area contributed by atoms with Gasteiger partial charge in [0.15, 0.2) is 0 Å². The van der Waals surface area contributed by atoms with Gasteiger partial charge in [-0.05, 0) is 78.1 Å². The van der Waals surface area contributed by atoms with Crippen LogP contribution < -0.4 is 0 Å². The lowest BCUT2D eigenvalue weighted by molar-refractivity contribution is 1.05. The molecule has 6 aromatic carbocycles.